The number of benzene rings is 2. The fourth-order valence-corrected chi connectivity index (χ4v) is 2.86. The Bertz CT molecular complexity index is 938. The Balaban J connectivity index is 1.58. The number of halogens is 1. The summed E-state index contributed by atoms with van der Waals surface area (Å²) in [5.41, 5.74) is 4.18. The van der Waals surface area contributed by atoms with Crippen LogP contribution in [0.4, 0.5) is 5.69 Å². The highest BCUT2D eigenvalue weighted by Gasteiger charge is 2.02. The van der Waals surface area contributed by atoms with E-state index in [2.05, 4.69) is 28.5 Å². The maximum absolute atomic E-state index is 8.06. The predicted octanol–water partition coefficient (Wildman–Crippen LogP) is 5.44. The molecule has 2 aromatic carbocycles. The summed E-state index contributed by atoms with van der Waals surface area (Å²) in [6, 6.07) is 17.6. The third kappa shape index (κ3) is 5.43. The highest BCUT2D eigenvalue weighted by Crippen LogP contribution is 2.27. The van der Waals surface area contributed by atoms with Crippen LogP contribution in [0.3, 0.4) is 0 Å². The molecule has 0 amide bonds. The SMILES string of the molecule is COc1ccc(NC(=N)/C=C/c2ccc(Cc3cccnc3)cc2)cc1Cl. The van der Waals surface area contributed by atoms with Crippen LogP contribution < -0.4 is 10.1 Å². The van der Waals surface area contributed by atoms with Crippen LogP contribution in [0, 0.1) is 5.41 Å². The second-order valence-electron chi connectivity index (χ2n) is 6.00. The molecule has 2 N–H and O–H groups in total. The summed E-state index contributed by atoms with van der Waals surface area (Å²) in [5.74, 6) is 0.881. The monoisotopic (exact) mass is 377 g/mol. The summed E-state index contributed by atoms with van der Waals surface area (Å²) in [7, 11) is 1.57. The number of ether oxygens (including phenoxy) is 1. The first-order valence-corrected chi connectivity index (χ1v) is 8.87. The minimum atomic E-state index is 0.274. The molecule has 0 atom stereocenters. The van der Waals surface area contributed by atoms with E-state index in [1.807, 2.05) is 36.5 Å². The number of nitrogens with one attached hydrogen (secondary N) is 2. The maximum atomic E-state index is 8.06. The minimum Gasteiger partial charge on any atom is -0.495 e. The zero-order chi connectivity index (χ0) is 19.1. The Kier molecular flexibility index (Phi) is 6.23. The number of aromatic nitrogens is 1. The van der Waals surface area contributed by atoms with E-state index in [0.717, 1.165) is 17.7 Å². The summed E-state index contributed by atoms with van der Waals surface area (Å²) in [5, 5.41) is 11.6. The number of hydrogen-bond acceptors (Lipinski definition) is 3. The normalized spacial score (nSPS) is 10.7. The Morgan fingerprint density at radius 1 is 1.15 bits per heavy atom. The van der Waals surface area contributed by atoms with Crippen molar-refractivity contribution in [1.82, 2.24) is 4.98 Å². The second-order valence-corrected chi connectivity index (χ2v) is 6.41. The zero-order valence-corrected chi connectivity index (χ0v) is 15.7. The fourth-order valence-electron chi connectivity index (χ4n) is 2.61. The molecular formula is C22H20ClN3O. The van der Waals surface area contributed by atoms with Gasteiger partial charge in [-0.15, -0.1) is 0 Å². The average molecular weight is 378 g/mol. The Morgan fingerprint density at radius 3 is 2.63 bits per heavy atom. The minimum absolute atomic E-state index is 0.274. The standard InChI is InChI=1S/C22H20ClN3O/c1-27-21-10-9-19(14-20(21)23)26-22(24)11-8-16-4-6-17(7-5-16)13-18-3-2-12-25-15-18/h2-12,14-15H,13H2,1H3,(H2,24,26)/b11-8+. The van der Waals surface area contributed by atoms with Crippen molar-refractivity contribution < 1.29 is 4.74 Å². The van der Waals surface area contributed by atoms with Gasteiger partial charge in [0.1, 0.15) is 11.6 Å². The molecule has 136 valence electrons. The quantitative estimate of drug-likeness (QED) is 0.444. The molecule has 0 fully saturated rings. The van der Waals surface area contributed by atoms with Crippen molar-refractivity contribution in [3.63, 3.8) is 0 Å². The van der Waals surface area contributed by atoms with Crippen LogP contribution in [0.5, 0.6) is 5.75 Å². The van der Waals surface area contributed by atoms with E-state index in [9.17, 15) is 0 Å². The lowest BCUT2D eigenvalue weighted by molar-refractivity contribution is 0.415. The van der Waals surface area contributed by atoms with Gasteiger partial charge in [-0.05, 0) is 53.5 Å². The molecule has 0 saturated heterocycles. The van der Waals surface area contributed by atoms with Crippen molar-refractivity contribution in [1.29, 1.82) is 5.41 Å². The van der Waals surface area contributed by atoms with E-state index < -0.39 is 0 Å². The molecule has 0 bridgehead atoms. The van der Waals surface area contributed by atoms with Gasteiger partial charge < -0.3 is 10.1 Å². The molecule has 0 aliphatic rings. The molecule has 4 nitrogen and oxygen atoms in total. The Hall–Kier alpha value is -3.11. The molecule has 0 aliphatic carbocycles. The molecule has 3 aromatic rings. The van der Waals surface area contributed by atoms with Gasteiger partial charge in [0.05, 0.1) is 12.1 Å². The van der Waals surface area contributed by atoms with Gasteiger partial charge in [0.2, 0.25) is 0 Å². The lowest BCUT2D eigenvalue weighted by atomic mass is 10.0. The number of methoxy groups -OCH3 is 1. The van der Waals surface area contributed by atoms with Crippen LogP contribution in [0.25, 0.3) is 6.08 Å². The first kappa shape index (κ1) is 18.7. The van der Waals surface area contributed by atoms with Crippen LogP contribution in [0.15, 0.2) is 73.1 Å². The van der Waals surface area contributed by atoms with Gasteiger partial charge in [-0.3, -0.25) is 10.4 Å². The van der Waals surface area contributed by atoms with Crippen LogP contribution in [0.1, 0.15) is 16.7 Å². The number of pyridine rings is 1. The largest absolute Gasteiger partial charge is 0.495 e. The van der Waals surface area contributed by atoms with Gasteiger partial charge >= 0.3 is 0 Å². The van der Waals surface area contributed by atoms with Gasteiger partial charge in [0.15, 0.2) is 0 Å². The van der Waals surface area contributed by atoms with Crippen LogP contribution >= 0.6 is 11.6 Å². The topological polar surface area (TPSA) is 58.0 Å². The van der Waals surface area contributed by atoms with Gasteiger partial charge in [0, 0.05) is 18.1 Å². The number of rotatable bonds is 6. The van der Waals surface area contributed by atoms with Crippen LogP contribution in [0.2, 0.25) is 5.02 Å². The third-order valence-electron chi connectivity index (χ3n) is 3.98. The van der Waals surface area contributed by atoms with Gasteiger partial charge in [0.25, 0.3) is 0 Å². The molecule has 3 rings (SSSR count). The van der Waals surface area contributed by atoms with E-state index in [0.29, 0.717) is 10.8 Å². The fraction of sp³-hybridized carbons (Fsp3) is 0.0909. The molecule has 5 heteroatoms. The maximum Gasteiger partial charge on any atom is 0.137 e. The molecule has 0 radical (unpaired) electrons. The molecular weight excluding hydrogens is 358 g/mol. The molecule has 0 spiro atoms. The van der Waals surface area contributed by atoms with Crippen molar-refractivity contribution >= 4 is 29.2 Å². The highest BCUT2D eigenvalue weighted by atomic mass is 35.5. The smallest absolute Gasteiger partial charge is 0.137 e. The average Bonchev–Trinajstić information content (AvgIpc) is 2.68. The van der Waals surface area contributed by atoms with E-state index in [1.165, 1.54) is 11.1 Å². The second kappa shape index (κ2) is 9.01. The number of amidine groups is 1. The molecule has 0 saturated carbocycles. The molecule has 0 unspecified atom stereocenters. The predicted molar refractivity (Wildman–Crippen MR) is 112 cm³/mol. The van der Waals surface area contributed by atoms with Crippen LogP contribution in [-0.4, -0.2) is 17.9 Å². The zero-order valence-electron chi connectivity index (χ0n) is 14.9. The van der Waals surface area contributed by atoms with Crippen molar-refractivity contribution in [2.45, 2.75) is 6.42 Å². The first-order chi connectivity index (χ1) is 13.1. The number of nitrogens with zero attached hydrogens (tertiary/aromatic N) is 1. The molecule has 0 aliphatic heterocycles. The van der Waals surface area contributed by atoms with Gasteiger partial charge in [-0.1, -0.05) is 48.0 Å². The number of anilines is 1. The Morgan fingerprint density at radius 2 is 1.96 bits per heavy atom. The molecule has 27 heavy (non-hydrogen) atoms. The Labute approximate surface area is 164 Å². The van der Waals surface area contributed by atoms with E-state index in [1.54, 1.807) is 31.5 Å². The van der Waals surface area contributed by atoms with E-state index in [4.69, 9.17) is 21.7 Å². The van der Waals surface area contributed by atoms with Crippen molar-refractivity contribution in [2.75, 3.05) is 12.4 Å². The summed E-state index contributed by atoms with van der Waals surface area (Å²) in [6.45, 7) is 0. The lowest BCUT2D eigenvalue weighted by Crippen LogP contribution is -2.06. The van der Waals surface area contributed by atoms with E-state index in [-0.39, 0.29) is 5.84 Å². The highest BCUT2D eigenvalue weighted by molar-refractivity contribution is 6.32. The third-order valence-corrected chi connectivity index (χ3v) is 4.28. The van der Waals surface area contributed by atoms with Crippen molar-refractivity contribution in [3.05, 3.63) is 94.8 Å². The lowest BCUT2D eigenvalue weighted by Gasteiger charge is -2.08. The molecule has 1 heterocycles. The van der Waals surface area contributed by atoms with Gasteiger partial charge in [-0.2, -0.15) is 0 Å². The summed E-state index contributed by atoms with van der Waals surface area (Å²) < 4.78 is 5.13. The van der Waals surface area contributed by atoms with E-state index >= 15 is 0 Å². The first-order valence-electron chi connectivity index (χ1n) is 8.49. The van der Waals surface area contributed by atoms with Crippen molar-refractivity contribution in [2.24, 2.45) is 0 Å². The summed E-state index contributed by atoms with van der Waals surface area (Å²) >= 11 is 6.10. The van der Waals surface area contributed by atoms with Gasteiger partial charge in [-0.25, -0.2) is 0 Å². The molecule has 1 aromatic heterocycles. The summed E-state index contributed by atoms with van der Waals surface area (Å²) in [6.07, 6.45) is 8.13. The number of hydrogen-bond donors (Lipinski definition) is 2. The van der Waals surface area contributed by atoms with Crippen molar-refractivity contribution in [3.8, 4) is 5.75 Å². The van der Waals surface area contributed by atoms with Crippen LogP contribution in [-0.2, 0) is 6.42 Å². The summed E-state index contributed by atoms with van der Waals surface area (Å²) in [4.78, 5) is 4.14.